The number of rotatable bonds is 27. The van der Waals surface area contributed by atoms with Crippen LogP contribution in [0.4, 0.5) is 0 Å². The van der Waals surface area contributed by atoms with Crippen molar-refractivity contribution < 1.29 is 32.9 Å². The van der Waals surface area contributed by atoms with E-state index in [0.29, 0.717) is 23.9 Å². The molecule has 8 nitrogen and oxygen atoms in total. The Bertz CT molecular complexity index is 723. The van der Waals surface area contributed by atoms with Crippen molar-refractivity contribution in [3.05, 3.63) is 24.3 Å². The number of nitrogens with one attached hydrogen (secondary N) is 1. The molecule has 0 aromatic heterocycles. The average Bonchev–Trinajstić information content (AvgIpc) is 2.88. The van der Waals surface area contributed by atoms with Gasteiger partial charge in [-0.3, -0.25) is 13.8 Å². The monoisotopic (exact) mass is 589 g/mol. The summed E-state index contributed by atoms with van der Waals surface area (Å²) >= 11 is 0. The van der Waals surface area contributed by atoms with E-state index in [9.17, 15) is 19.4 Å². The van der Waals surface area contributed by atoms with E-state index in [-0.39, 0.29) is 19.1 Å². The molecule has 3 unspecified atom stereocenters. The number of likely N-dealkylation sites (N-methyl/N-ethyl adjacent to an activating group) is 1. The lowest BCUT2D eigenvalue weighted by molar-refractivity contribution is -0.870. The molecule has 0 radical (unpaired) electrons. The predicted octanol–water partition coefficient (Wildman–Crippen LogP) is 7.07. The highest BCUT2D eigenvalue weighted by Crippen LogP contribution is 2.43. The van der Waals surface area contributed by atoms with Gasteiger partial charge in [0.1, 0.15) is 13.2 Å². The first-order valence-corrected chi connectivity index (χ1v) is 17.2. The number of hydrogen-bond acceptors (Lipinski definition) is 5. The number of unbranched alkanes of at least 4 members (excludes halogenated alkanes) is 10. The summed E-state index contributed by atoms with van der Waals surface area (Å²) in [5, 5.41) is 13.5. The topological polar surface area (TPSA) is 105 Å². The molecule has 1 amide bonds. The molecule has 3 N–H and O–H groups in total. The van der Waals surface area contributed by atoms with Gasteiger partial charge in [0.15, 0.2) is 0 Å². The Morgan fingerprint density at radius 2 is 1.43 bits per heavy atom. The van der Waals surface area contributed by atoms with E-state index in [1.807, 2.05) is 21.1 Å². The molecule has 0 rings (SSSR count). The predicted molar refractivity (Wildman–Crippen MR) is 166 cm³/mol. The molecule has 40 heavy (non-hydrogen) atoms. The number of nitrogens with zero attached hydrogens (tertiary/aromatic N) is 1. The number of carbonyl (C=O) groups is 1. The third-order valence-electron chi connectivity index (χ3n) is 6.70. The molecule has 0 aliphatic heterocycles. The van der Waals surface area contributed by atoms with Crippen molar-refractivity contribution in [1.82, 2.24) is 5.32 Å². The molecular formula is C31H62N2O6P+. The van der Waals surface area contributed by atoms with Gasteiger partial charge in [0.25, 0.3) is 0 Å². The molecule has 0 bridgehead atoms. The highest BCUT2D eigenvalue weighted by molar-refractivity contribution is 7.47. The summed E-state index contributed by atoms with van der Waals surface area (Å²) in [6.07, 6.45) is 24.1. The van der Waals surface area contributed by atoms with Gasteiger partial charge in [-0.25, -0.2) is 4.57 Å². The molecule has 0 aromatic rings. The Morgan fingerprint density at radius 1 is 0.850 bits per heavy atom. The van der Waals surface area contributed by atoms with Crippen LogP contribution in [0.5, 0.6) is 0 Å². The summed E-state index contributed by atoms with van der Waals surface area (Å²) < 4.78 is 23.1. The first kappa shape index (κ1) is 39.0. The van der Waals surface area contributed by atoms with E-state index in [1.165, 1.54) is 25.7 Å². The van der Waals surface area contributed by atoms with Crippen LogP contribution in [0.3, 0.4) is 0 Å². The number of carbonyl (C=O) groups excluding carboxylic acids is 1. The SMILES string of the molecule is CCCCC/C=C\C/C=C\CCCCCCCC(=O)NC(COP(=O)(O)OCC[N+](C)(C)C)C(O)CCCCC. The van der Waals surface area contributed by atoms with Crippen LogP contribution in [-0.2, 0) is 18.4 Å². The lowest BCUT2D eigenvalue weighted by Crippen LogP contribution is -2.46. The maximum Gasteiger partial charge on any atom is 0.472 e. The summed E-state index contributed by atoms with van der Waals surface area (Å²) in [6.45, 7) is 4.64. The van der Waals surface area contributed by atoms with Gasteiger partial charge < -0.3 is 19.8 Å². The summed E-state index contributed by atoms with van der Waals surface area (Å²) in [7, 11) is 1.59. The van der Waals surface area contributed by atoms with Crippen LogP contribution in [0.25, 0.3) is 0 Å². The standard InChI is InChI=1S/C31H61N2O6P/c1-6-8-10-11-12-13-14-15-16-17-18-19-20-21-23-25-31(35)32-29(30(34)24-22-9-7-2)28-39-40(36,37)38-27-26-33(3,4)5/h12-13,15-16,29-30,34H,6-11,14,17-28H2,1-5H3,(H-,32,35,36,37)/p+1/b13-12-,16-15-. The number of allylic oxidation sites excluding steroid dienone is 4. The molecule has 236 valence electrons. The van der Waals surface area contributed by atoms with Crippen molar-refractivity contribution in [2.75, 3.05) is 40.9 Å². The summed E-state index contributed by atoms with van der Waals surface area (Å²) in [5.41, 5.74) is 0. The van der Waals surface area contributed by atoms with E-state index in [1.54, 1.807) is 0 Å². The zero-order valence-corrected chi connectivity index (χ0v) is 27.2. The second-order valence-corrected chi connectivity index (χ2v) is 13.3. The zero-order chi connectivity index (χ0) is 30.1. The largest absolute Gasteiger partial charge is 0.472 e. The van der Waals surface area contributed by atoms with Crippen molar-refractivity contribution in [3.63, 3.8) is 0 Å². The minimum absolute atomic E-state index is 0.0696. The number of amides is 1. The molecule has 0 saturated carbocycles. The molecule has 0 heterocycles. The maximum absolute atomic E-state index is 12.6. The third kappa shape index (κ3) is 25.9. The summed E-state index contributed by atoms with van der Waals surface area (Å²) in [4.78, 5) is 22.6. The molecule has 3 atom stereocenters. The third-order valence-corrected chi connectivity index (χ3v) is 7.69. The van der Waals surface area contributed by atoms with Crippen molar-refractivity contribution in [1.29, 1.82) is 0 Å². The quantitative estimate of drug-likeness (QED) is 0.0410. The number of phosphoric acid groups is 1. The Balaban J connectivity index is 4.30. The van der Waals surface area contributed by atoms with Crippen LogP contribution in [0.2, 0.25) is 0 Å². The second-order valence-electron chi connectivity index (χ2n) is 11.8. The van der Waals surface area contributed by atoms with Crippen LogP contribution < -0.4 is 5.32 Å². The van der Waals surface area contributed by atoms with Crippen molar-refractivity contribution in [3.8, 4) is 0 Å². The van der Waals surface area contributed by atoms with Gasteiger partial charge >= 0.3 is 7.82 Å². The van der Waals surface area contributed by atoms with E-state index in [0.717, 1.165) is 64.2 Å². The van der Waals surface area contributed by atoms with Gasteiger partial charge in [0.2, 0.25) is 5.91 Å². The van der Waals surface area contributed by atoms with Gasteiger partial charge in [-0.2, -0.15) is 0 Å². The summed E-state index contributed by atoms with van der Waals surface area (Å²) in [6, 6.07) is -0.759. The van der Waals surface area contributed by atoms with E-state index >= 15 is 0 Å². The fourth-order valence-corrected chi connectivity index (χ4v) is 4.81. The Morgan fingerprint density at radius 3 is 2.05 bits per heavy atom. The highest BCUT2D eigenvalue weighted by atomic mass is 31.2. The Labute approximate surface area is 245 Å². The maximum atomic E-state index is 12.6. The van der Waals surface area contributed by atoms with Crippen LogP contribution >= 0.6 is 7.82 Å². The molecule has 9 heteroatoms. The van der Waals surface area contributed by atoms with Gasteiger partial charge in [0, 0.05) is 6.42 Å². The number of hydrogen-bond donors (Lipinski definition) is 3. The number of aliphatic hydroxyl groups is 1. The number of phosphoric ester groups is 1. The van der Waals surface area contributed by atoms with Gasteiger partial charge in [-0.15, -0.1) is 0 Å². The molecule has 0 saturated heterocycles. The first-order valence-electron chi connectivity index (χ1n) is 15.7. The van der Waals surface area contributed by atoms with Crippen LogP contribution in [0.1, 0.15) is 117 Å². The minimum atomic E-state index is -4.28. The first-order chi connectivity index (χ1) is 19.0. The van der Waals surface area contributed by atoms with E-state index in [4.69, 9.17) is 9.05 Å². The van der Waals surface area contributed by atoms with Crippen molar-refractivity contribution in [2.24, 2.45) is 0 Å². The molecule has 0 aliphatic carbocycles. The average molecular weight is 590 g/mol. The molecular weight excluding hydrogens is 527 g/mol. The highest BCUT2D eigenvalue weighted by Gasteiger charge is 2.28. The number of aliphatic hydroxyl groups excluding tert-OH is 1. The Kier molecular flexibility index (Phi) is 23.9. The van der Waals surface area contributed by atoms with Gasteiger partial charge in [-0.1, -0.05) is 89.5 Å². The smallest absolute Gasteiger partial charge is 0.391 e. The van der Waals surface area contributed by atoms with Crippen molar-refractivity contribution >= 4 is 13.7 Å². The number of quaternary nitrogens is 1. The molecule has 0 spiro atoms. The Hall–Kier alpha value is -1.02. The zero-order valence-electron chi connectivity index (χ0n) is 26.3. The van der Waals surface area contributed by atoms with Crippen LogP contribution in [0, 0.1) is 0 Å². The van der Waals surface area contributed by atoms with Gasteiger partial charge in [0.05, 0.1) is 39.9 Å². The lowest BCUT2D eigenvalue weighted by atomic mass is 10.0. The van der Waals surface area contributed by atoms with Gasteiger partial charge in [-0.05, 0) is 44.9 Å². The molecule has 0 aliphatic rings. The molecule has 0 fully saturated rings. The normalized spacial score (nSPS) is 15.5. The summed E-state index contributed by atoms with van der Waals surface area (Å²) in [5.74, 6) is -0.174. The van der Waals surface area contributed by atoms with Crippen LogP contribution in [-0.4, -0.2) is 73.4 Å². The second kappa shape index (κ2) is 24.6. The lowest BCUT2D eigenvalue weighted by Gasteiger charge is -2.26. The fraction of sp³-hybridized carbons (Fsp3) is 0.839. The van der Waals surface area contributed by atoms with E-state index in [2.05, 4.69) is 43.5 Å². The molecule has 0 aromatic carbocycles. The van der Waals surface area contributed by atoms with E-state index < -0.39 is 20.0 Å². The van der Waals surface area contributed by atoms with Crippen molar-refractivity contribution in [2.45, 2.75) is 129 Å². The minimum Gasteiger partial charge on any atom is -0.391 e. The fourth-order valence-electron chi connectivity index (χ4n) is 4.07. The van der Waals surface area contributed by atoms with Crippen LogP contribution in [0.15, 0.2) is 24.3 Å².